The van der Waals surface area contributed by atoms with E-state index in [1.807, 2.05) is 0 Å². The van der Waals surface area contributed by atoms with Crippen LogP contribution in [-0.4, -0.2) is 6.10 Å². The Hall–Kier alpha value is -1.96. The summed E-state index contributed by atoms with van der Waals surface area (Å²) in [6.07, 6.45) is 1.18. The van der Waals surface area contributed by atoms with E-state index < -0.39 is 0 Å². The zero-order valence-electron chi connectivity index (χ0n) is 11.7. The van der Waals surface area contributed by atoms with Crippen LogP contribution in [-0.2, 0) is 6.42 Å². The fourth-order valence-corrected chi connectivity index (χ4v) is 2.59. The molecular formula is C17H19NO. The topological polar surface area (TPSA) is 21.3 Å². The average molecular weight is 253 g/mol. The summed E-state index contributed by atoms with van der Waals surface area (Å²) in [4.78, 5) is 0. The molecule has 0 unspecified atom stereocenters. The van der Waals surface area contributed by atoms with E-state index in [0.29, 0.717) is 0 Å². The molecule has 1 aliphatic rings. The monoisotopic (exact) mass is 253 g/mol. The number of hydrogen-bond acceptors (Lipinski definition) is 2. The third-order valence-electron chi connectivity index (χ3n) is 3.57. The number of hydrogen-bond donors (Lipinski definition) is 1. The molecule has 0 saturated carbocycles. The number of benzene rings is 2. The minimum atomic E-state index is 0.209. The number of ether oxygens (including phenoxy) is 1. The maximum atomic E-state index is 5.87. The van der Waals surface area contributed by atoms with Crippen molar-refractivity contribution in [2.45, 2.75) is 33.3 Å². The zero-order valence-corrected chi connectivity index (χ0v) is 11.7. The van der Waals surface area contributed by atoms with Crippen LogP contribution in [0.25, 0.3) is 0 Å². The summed E-state index contributed by atoms with van der Waals surface area (Å²) in [5, 5.41) is 3.51. The van der Waals surface area contributed by atoms with Crippen LogP contribution in [0.4, 0.5) is 11.4 Å². The average Bonchev–Trinajstić information content (AvgIpc) is 2.40. The van der Waals surface area contributed by atoms with Crippen molar-refractivity contribution in [1.82, 2.24) is 0 Å². The predicted molar refractivity (Wildman–Crippen MR) is 79.5 cm³/mol. The van der Waals surface area contributed by atoms with Crippen LogP contribution in [0.1, 0.15) is 30.5 Å². The van der Waals surface area contributed by atoms with Crippen LogP contribution < -0.4 is 10.1 Å². The van der Waals surface area contributed by atoms with E-state index in [4.69, 9.17) is 4.74 Å². The highest BCUT2D eigenvalue weighted by molar-refractivity contribution is 5.74. The molecule has 1 heterocycles. The lowest BCUT2D eigenvalue weighted by atomic mass is 9.93. The van der Waals surface area contributed by atoms with Crippen molar-refractivity contribution in [3.8, 4) is 5.75 Å². The van der Waals surface area contributed by atoms with Gasteiger partial charge in [0.05, 0.1) is 6.10 Å². The van der Waals surface area contributed by atoms with Crippen molar-refractivity contribution in [2.24, 2.45) is 0 Å². The zero-order chi connectivity index (χ0) is 13.4. The Kier molecular flexibility index (Phi) is 2.94. The molecule has 0 spiro atoms. The maximum absolute atomic E-state index is 5.87. The van der Waals surface area contributed by atoms with Gasteiger partial charge in [-0.2, -0.15) is 0 Å². The van der Waals surface area contributed by atoms with Gasteiger partial charge < -0.3 is 10.1 Å². The van der Waals surface area contributed by atoms with E-state index in [-0.39, 0.29) is 6.10 Å². The first-order valence-corrected chi connectivity index (χ1v) is 6.79. The Bertz CT molecular complexity index is 617. The summed E-state index contributed by atoms with van der Waals surface area (Å²) >= 11 is 0. The highest BCUT2D eigenvalue weighted by atomic mass is 16.5. The molecule has 0 atom stereocenters. The van der Waals surface area contributed by atoms with Gasteiger partial charge in [0.1, 0.15) is 5.75 Å². The molecule has 3 rings (SSSR count). The minimum absolute atomic E-state index is 0.209. The number of para-hydroxylation sites is 1. The van der Waals surface area contributed by atoms with E-state index in [9.17, 15) is 0 Å². The molecular weight excluding hydrogens is 234 g/mol. The van der Waals surface area contributed by atoms with Crippen molar-refractivity contribution in [3.05, 3.63) is 53.1 Å². The molecule has 2 aromatic rings. The van der Waals surface area contributed by atoms with Crippen molar-refractivity contribution in [3.63, 3.8) is 0 Å². The molecule has 2 nitrogen and oxygen atoms in total. The Morgan fingerprint density at radius 3 is 2.63 bits per heavy atom. The number of nitrogens with one attached hydrogen (secondary N) is 1. The first-order chi connectivity index (χ1) is 9.15. The van der Waals surface area contributed by atoms with Gasteiger partial charge in [0.25, 0.3) is 0 Å². The van der Waals surface area contributed by atoms with Gasteiger partial charge >= 0.3 is 0 Å². The van der Waals surface area contributed by atoms with Crippen LogP contribution in [0, 0.1) is 6.92 Å². The quantitative estimate of drug-likeness (QED) is 0.729. The minimum Gasteiger partial charge on any atom is -0.491 e. The van der Waals surface area contributed by atoms with Gasteiger partial charge in [-0.25, -0.2) is 0 Å². The molecule has 0 saturated heterocycles. The molecule has 0 amide bonds. The Labute approximate surface area is 114 Å². The van der Waals surface area contributed by atoms with Crippen LogP contribution >= 0.6 is 0 Å². The third-order valence-corrected chi connectivity index (χ3v) is 3.57. The number of anilines is 2. The summed E-state index contributed by atoms with van der Waals surface area (Å²) in [6.45, 7) is 6.27. The van der Waals surface area contributed by atoms with Crippen molar-refractivity contribution < 1.29 is 4.74 Å². The molecule has 1 N–H and O–H groups in total. The lowest BCUT2D eigenvalue weighted by Crippen LogP contribution is -2.11. The van der Waals surface area contributed by atoms with Crippen LogP contribution in [0.2, 0.25) is 0 Å². The first kappa shape index (κ1) is 12.1. The highest BCUT2D eigenvalue weighted by Gasteiger charge is 2.18. The van der Waals surface area contributed by atoms with Gasteiger partial charge in [-0.05, 0) is 55.7 Å². The molecule has 19 heavy (non-hydrogen) atoms. The van der Waals surface area contributed by atoms with E-state index >= 15 is 0 Å². The highest BCUT2D eigenvalue weighted by Crippen LogP contribution is 2.37. The van der Waals surface area contributed by atoms with Gasteiger partial charge in [0, 0.05) is 17.8 Å². The van der Waals surface area contributed by atoms with Crippen molar-refractivity contribution in [1.29, 1.82) is 0 Å². The summed E-state index contributed by atoms with van der Waals surface area (Å²) in [6, 6.07) is 12.7. The van der Waals surface area contributed by atoms with Crippen LogP contribution in [0.5, 0.6) is 5.75 Å². The summed E-state index contributed by atoms with van der Waals surface area (Å²) in [7, 11) is 0. The van der Waals surface area contributed by atoms with Crippen molar-refractivity contribution >= 4 is 11.4 Å². The van der Waals surface area contributed by atoms with Gasteiger partial charge in [-0.1, -0.05) is 18.2 Å². The van der Waals surface area contributed by atoms with Crippen LogP contribution in [0.3, 0.4) is 0 Å². The van der Waals surface area contributed by atoms with Crippen LogP contribution in [0.15, 0.2) is 36.4 Å². The van der Waals surface area contributed by atoms with Gasteiger partial charge in [0.15, 0.2) is 0 Å². The lowest BCUT2D eigenvalue weighted by molar-refractivity contribution is 0.240. The summed E-state index contributed by atoms with van der Waals surface area (Å²) in [5.41, 5.74) is 6.35. The molecule has 0 aliphatic carbocycles. The van der Waals surface area contributed by atoms with E-state index in [1.54, 1.807) is 0 Å². The number of rotatable bonds is 2. The van der Waals surface area contributed by atoms with E-state index in [2.05, 4.69) is 62.5 Å². The van der Waals surface area contributed by atoms with Gasteiger partial charge in [0.2, 0.25) is 0 Å². The third kappa shape index (κ3) is 2.19. The summed E-state index contributed by atoms with van der Waals surface area (Å²) < 4.78 is 5.87. The maximum Gasteiger partial charge on any atom is 0.123 e. The Balaban J connectivity index is 2.02. The standard InChI is InChI=1S/C17H19NO/c1-11(2)19-17-9-8-16-14(12(17)3)10-13-6-4-5-7-15(13)18-16/h4-9,11,18H,10H2,1-3H3. The SMILES string of the molecule is Cc1c(OC(C)C)ccc2c1Cc1ccccc1N2. The van der Waals surface area contributed by atoms with Gasteiger partial charge in [-0.3, -0.25) is 0 Å². The van der Waals surface area contributed by atoms with E-state index in [0.717, 1.165) is 12.2 Å². The van der Waals surface area contributed by atoms with Gasteiger partial charge in [-0.15, -0.1) is 0 Å². The molecule has 98 valence electrons. The van der Waals surface area contributed by atoms with Crippen molar-refractivity contribution in [2.75, 3.05) is 5.32 Å². The fraction of sp³-hybridized carbons (Fsp3) is 0.294. The molecule has 1 aliphatic heterocycles. The molecule has 0 aromatic heterocycles. The molecule has 2 aromatic carbocycles. The fourth-order valence-electron chi connectivity index (χ4n) is 2.59. The number of fused-ring (bicyclic) bond motifs is 2. The second-order valence-corrected chi connectivity index (χ2v) is 5.34. The normalized spacial score (nSPS) is 12.6. The Morgan fingerprint density at radius 1 is 1.05 bits per heavy atom. The predicted octanol–water partition coefficient (Wildman–Crippen LogP) is 4.43. The first-order valence-electron chi connectivity index (χ1n) is 6.79. The lowest BCUT2D eigenvalue weighted by Gasteiger charge is -2.25. The summed E-state index contributed by atoms with van der Waals surface area (Å²) in [5.74, 6) is 0.995. The molecule has 0 bridgehead atoms. The molecule has 2 heteroatoms. The smallest absolute Gasteiger partial charge is 0.123 e. The van der Waals surface area contributed by atoms with E-state index in [1.165, 1.54) is 28.1 Å². The Morgan fingerprint density at radius 2 is 1.84 bits per heavy atom. The molecule has 0 fully saturated rings. The second kappa shape index (κ2) is 4.61. The second-order valence-electron chi connectivity index (χ2n) is 5.34. The molecule has 0 radical (unpaired) electrons. The largest absolute Gasteiger partial charge is 0.491 e.